The van der Waals surface area contributed by atoms with E-state index in [-0.39, 0.29) is 18.7 Å². The zero-order valence-corrected chi connectivity index (χ0v) is 12.2. The van der Waals surface area contributed by atoms with Crippen molar-refractivity contribution in [2.75, 3.05) is 25.0 Å². The first-order chi connectivity index (χ1) is 9.78. The number of nitrogens with zero attached hydrogens (tertiary/aromatic N) is 1. The first-order valence-electron chi connectivity index (χ1n) is 6.76. The van der Waals surface area contributed by atoms with Gasteiger partial charge in [-0.15, -0.1) is 11.8 Å². The van der Waals surface area contributed by atoms with Crippen molar-refractivity contribution in [1.29, 1.82) is 0 Å². The lowest BCUT2D eigenvalue weighted by Crippen LogP contribution is -2.44. The number of ether oxygens (including phenoxy) is 2. The van der Waals surface area contributed by atoms with Crippen LogP contribution in [0.25, 0.3) is 0 Å². The minimum atomic E-state index is -0.0473. The molecule has 0 aliphatic carbocycles. The Morgan fingerprint density at radius 1 is 1.45 bits per heavy atom. The Morgan fingerprint density at radius 2 is 2.30 bits per heavy atom. The monoisotopic (exact) mass is 294 g/mol. The molecular formula is C14H18N2O3S. The number of amides is 1. The van der Waals surface area contributed by atoms with Crippen LogP contribution in [0.15, 0.2) is 18.2 Å². The Hall–Kier alpha value is -1.40. The molecule has 1 fully saturated rings. The number of nitrogens with one attached hydrogen (secondary N) is 1. The van der Waals surface area contributed by atoms with Gasteiger partial charge in [-0.1, -0.05) is 6.07 Å². The third kappa shape index (κ3) is 2.71. The zero-order chi connectivity index (χ0) is 13.9. The predicted molar refractivity (Wildman–Crippen MR) is 77.9 cm³/mol. The fourth-order valence-corrected chi connectivity index (χ4v) is 3.31. The molecule has 3 rings (SSSR count). The van der Waals surface area contributed by atoms with Gasteiger partial charge in [-0.3, -0.25) is 10.1 Å². The normalized spacial score (nSPS) is 20.1. The Bertz CT molecular complexity index is 503. The van der Waals surface area contributed by atoms with E-state index in [1.54, 1.807) is 11.8 Å². The van der Waals surface area contributed by atoms with E-state index in [9.17, 15) is 4.79 Å². The van der Waals surface area contributed by atoms with Gasteiger partial charge in [0.1, 0.15) is 0 Å². The fraction of sp³-hybridized carbons (Fsp3) is 0.500. The number of hydrogen-bond acceptors (Lipinski definition) is 5. The summed E-state index contributed by atoms with van der Waals surface area (Å²) in [4.78, 5) is 14.3. The van der Waals surface area contributed by atoms with Crippen LogP contribution in [-0.4, -0.2) is 41.8 Å². The fourth-order valence-electron chi connectivity index (χ4n) is 2.38. The molecule has 0 saturated carbocycles. The highest BCUT2D eigenvalue weighted by atomic mass is 32.2. The summed E-state index contributed by atoms with van der Waals surface area (Å²) in [6.45, 7) is 3.59. The van der Waals surface area contributed by atoms with Crippen LogP contribution in [0.2, 0.25) is 0 Å². The molecule has 1 aromatic carbocycles. The van der Waals surface area contributed by atoms with Gasteiger partial charge in [-0.25, -0.2) is 0 Å². The summed E-state index contributed by atoms with van der Waals surface area (Å²) in [6.07, 6.45) is 0. The number of benzene rings is 1. The highest BCUT2D eigenvalue weighted by Gasteiger charge is 2.26. The van der Waals surface area contributed by atoms with Crippen LogP contribution in [0.5, 0.6) is 11.5 Å². The molecule has 2 heterocycles. The molecule has 0 radical (unpaired) electrons. The quantitative estimate of drug-likeness (QED) is 0.910. The maximum atomic E-state index is 12.4. The molecule has 2 aliphatic heterocycles. The van der Waals surface area contributed by atoms with Crippen molar-refractivity contribution in [1.82, 2.24) is 10.2 Å². The van der Waals surface area contributed by atoms with Crippen LogP contribution in [0.3, 0.4) is 0 Å². The van der Waals surface area contributed by atoms with Gasteiger partial charge in [0.05, 0.1) is 6.04 Å². The molecule has 5 nitrogen and oxygen atoms in total. The molecule has 0 spiro atoms. The lowest BCUT2D eigenvalue weighted by Gasteiger charge is -2.24. The maximum absolute atomic E-state index is 12.4. The third-order valence-electron chi connectivity index (χ3n) is 3.52. The van der Waals surface area contributed by atoms with E-state index in [0.717, 1.165) is 28.7 Å². The molecule has 108 valence electrons. The molecule has 1 saturated heterocycles. The van der Waals surface area contributed by atoms with Crippen molar-refractivity contribution in [3.05, 3.63) is 23.8 Å². The molecule has 1 N–H and O–H groups in total. The molecule has 1 aromatic rings. The molecule has 1 unspecified atom stereocenters. The molecule has 0 bridgehead atoms. The van der Waals surface area contributed by atoms with Crippen molar-refractivity contribution in [2.45, 2.75) is 19.5 Å². The van der Waals surface area contributed by atoms with Crippen LogP contribution in [-0.2, 0) is 11.3 Å². The largest absolute Gasteiger partial charge is 0.454 e. The Labute approximate surface area is 122 Å². The summed E-state index contributed by atoms with van der Waals surface area (Å²) in [5.74, 6) is 3.43. The number of thioether (sulfide) groups is 1. The van der Waals surface area contributed by atoms with Crippen LogP contribution >= 0.6 is 11.8 Å². The van der Waals surface area contributed by atoms with E-state index in [0.29, 0.717) is 13.1 Å². The lowest BCUT2D eigenvalue weighted by atomic mass is 10.1. The van der Waals surface area contributed by atoms with Crippen molar-refractivity contribution in [3.8, 4) is 11.5 Å². The molecule has 2 aliphatic rings. The van der Waals surface area contributed by atoms with E-state index in [4.69, 9.17) is 9.47 Å². The number of fused-ring (bicyclic) bond motifs is 1. The minimum Gasteiger partial charge on any atom is -0.454 e. The van der Waals surface area contributed by atoms with Crippen LogP contribution in [0.1, 0.15) is 12.5 Å². The first-order valence-corrected chi connectivity index (χ1v) is 7.92. The van der Waals surface area contributed by atoms with E-state index in [1.165, 1.54) is 0 Å². The third-order valence-corrected chi connectivity index (χ3v) is 4.46. The van der Waals surface area contributed by atoms with Crippen molar-refractivity contribution in [3.63, 3.8) is 0 Å². The van der Waals surface area contributed by atoms with Gasteiger partial charge in [-0.2, -0.15) is 0 Å². The lowest BCUT2D eigenvalue weighted by molar-refractivity contribution is -0.133. The number of hydrogen-bond donors (Lipinski definition) is 1. The summed E-state index contributed by atoms with van der Waals surface area (Å²) < 4.78 is 10.7. The minimum absolute atomic E-state index is 0.0473. The van der Waals surface area contributed by atoms with E-state index in [2.05, 4.69) is 5.32 Å². The van der Waals surface area contributed by atoms with Gasteiger partial charge >= 0.3 is 0 Å². The second-order valence-electron chi connectivity index (χ2n) is 4.81. The number of likely N-dealkylation sites (N-methyl/N-ethyl adjacent to an activating group) is 1. The van der Waals surface area contributed by atoms with Gasteiger partial charge in [0.25, 0.3) is 0 Å². The van der Waals surface area contributed by atoms with Gasteiger partial charge in [0.2, 0.25) is 12.7 Å². The van der Waals surface area contributed by atoms with Gasteiger partial charge in [-0.05, 0) is 24.6 Å². The van der Waals surface area contributed by atoms with Crippen LogP contribution in [0, 0.1) is 0 Å². The smallest absolute Gasteiger partial charge is 0.240 e. The molecule has 1 amide bonds. The molecule has 6 heteroatoms. The van der Waals surface area contributed by atoms with Gasteiger partial charge in [0.15, 0.2) is 11.5 Å². The summed E-state index contributed by atoms with van der Waals surface area (Å²) >= 11 is 1.77. The average Bonchev–Trinajstić information content (AvgIpc) is 3.14. The number of carbonyl (C=O) groups excluding carboxylic acids is 1. The number of rotatable bonds is 4. The Kier molecular flexibility index (Phi) is 4.03. The van der Waals surface area contributed by atoms with Gasteiger partial charge in [0, 0.05) is 24.7 Å². The SMILES string of the molecule is CCN(Cc1ccc2c(c1)OCO2)C(=O)C1CSCN1. The van der Waals surface area contributed by atoms with E-state index >= 15 is 0 Å². The summed E-state index contributed by atoms with van der Waals surface area (Å²) in [5, 5.41) is 3.23. The molecular weight excluding hydrogens is 276 g/mol. The van der Waals surface area contributed by atoms with Crippen LogP contribution in [0.4, 0.5) is 0 Å². The summed E-state index contributed by atoms with van der Waals surface area (Å²) in [6, 6.07) is 5.80. The predicted octanol–water partition coefficient (Wildman–Crippen LogP) is 1.43. The van der Waals surface area contributed by atoms with E-state index < -0.39 is 0 Å². The zero-order valence-electron chi connectivity index (χ0n) is 11.4. The highest BCUT2D eigenvalue weighted by Crippen LogP contribution is 2.32. The van der Waals surface area contributed by atoms with Crippen molar-refractivity contribution in [2.24, 2.45) is 0 Å². The maximum Gasteiger partial charge on any atom is 0.240 e. The Morgan fingerprint density at radius 3 is 3.05 bits per heavy atom. The summed E-state index contributed by atoms with van der Waals surface area (Å²) in [5.41, 5.74) is 1.06. The van der Waals surface area contributed by atoms with Crippen LogP contribution < -0.4 is 14.8 Å². The summed E-state index contributed by atoms with van der Waals surface area (Å²) in [7, 11) is 0. The second-order valence-corrected chi connectivity index (χ2v) is 5.84. The average molecular weight is 294 g/mol. The molecule has 20 heavy (non-hydrogen) atoms. The molecule has 0 aromatic heterocycles. The molecule has 1 atom stereocenters. The standard InChI is InChI=1S/C14H18N2O3S/c1-2-16(14(17)11-7-20-8-15-11)6-10-3-4-12-13(5-10)19-9-18-12/h3-5,11,15H,2,6-9H2,1H3. The number of carbonyl (C=O) groups is 1. The van der Waals surface area contributed by atoms with Crippen molar-refractivity contribution >= 4 is 17.7 Å². The van der Waals surface area contributed by atoms with Crippen molar-refractivity contribution < 1.29 is 14.3 Å². The first kappa shape index (κ1) is 13.6. The van der Waals surface area contributed by atoms with Gasteiger partial charge < -0.3 is 14.4 Å². The highest BCUT2D eigenvalue weighted by molar-refractivity contribution is 7.99. The second kappa shape index (κ2) is 5.93. The van der Waals surface area contributed by atoms with E-state index in [1.807, 2.05) is 30.0 Å². The Balaban J connectivity index is 1.69. The topological polar surface area (TPSA) is 50.8 Å².